The van der Waals surface area contributed by atoms with E-state index in [9.17, 15) is 9.59 Å². The molecule has 0 unspecified atom stereocenters. The summed E-state index contributed by atoms with van der Waals surface area (Å²) in [5.41, 5.74) is 1.63. The molecule has 0 fully saturated rings. The molecular weight excluding hydrogens is 475 g/mol. The molecule has 0 bridgehead atoms. The summed E-state index contributed by atoms with van der Waals surface area (Å²) in [4.78, 5) is 29.4. The molecule has 0 saturated heterocycles. The van der Waals surface area contributed by atoms with Crippen molar-refractivity contribution in [3.8, 4) is 0 Å². The standard InChI is InChI=1S/C20H19IN2O3S/c1-2-26-18(24)10-11-27-20-22-17-9-8-15(21)12-16(17)19(25)23(20)13-14-6-4-3-5-7-14/h3-9,12H,2,10-11,13H2,1H3. The number of benzene rings is 2. The molecule has 0 amide bonds. The van der Waals surface area contributed by atoms with E-state index in [1.54, 1.807) is 11.5 Å². The molecule has 0 atom stereocenters. The molecule has 5 nitrogen and oxygen atoms in total. The average molecular weight is 494 g/mol. The third kappa shape index (κ3) is 5.10. The van der Waals surface area contributed by atoms with Gasteiger partial charge >= 0.3 is 5.97 Å². The molecule has 0 spiro atoms. The number of thioether (sulfide) groups is 1. The molecule has 1 aromatic heterocycles. The molecule has 0 N–H and O–H groups in total. The quantitative estimate of drug-likeness (QED) is 0.214. The average Bonchev–Trinajstić information content (AvgIpc) is 2.66. The minimum Gasteiger partial charge on any atom is -0.466 e. The fourth-order valence-electron chi connectivity index (χ4n) is 2.65. The van der Waals surface area contributed by atoms with Crippen LogP contribution in [0, 0.1) is 3.57 Å². The molecule has 140 valence electrons. The van der Waals surface area contributed by atoms with E-state index in [1.165, 1.54) is 11.8 Å². The van der Waals surface area contributed by atoms with Gasteiger partial charge in [0.15, 0.2) is 5.16 Å². The second-order valence-electron chi connectivity index (χ2n) is 5.84. The van der Waals surface area contributed by atoms with E-state index in [0.29, 0.717) is 35.0 Å². The van der Waals surface area contributed by atoms with Crippen molar-refractivity contribution in [3.63, 3.8) is 0 Å². The predicted octanol–water partition coefficient (Wildman–Crippen LogP) is 4.09. The van der Waals surface area contributed by atoms with Crippen molar-refractivity contribution >= 4 is 51.2 Å². The number of carbonyl (C=O) groups excluding carboxylic acids is 1. The first-order valence-corrected chi connectivity index (χ1v) is 10.7. The Labute approximate surface area is 175 Å². The van der Waals surface area contributed by atoms with Gasteiger partial charge in [0.25, 0.3) is 5.56 Å². The van der Waals surface area contributed by atoms with Crippen LogP contribution in [-0.2, 0) is 16.1 Å². The molecule has 27 heavy (non-hydrogen) atoms. The number of nitrogens with zero attached hydrogens (tertiary/aromatic N) is 2. The Morgan fingerprint density at radius 2 is 2.00 bits per heavy atom. The fourth-order valence-corrected chi connectivity index (χ4v) is 4.06. The molecule has 1 heterocycles. The molecular formula is C20H19IN2O3S. The van der Waals surface area contributed by atoms with Crippen LogP contribution in [0.4, 0.5) is 0 Å². The molecule has 7 heteroatoms. The van der Waals surface area contributed by atoms with E-state index < -0.39 is 0 Å². The van der Waals surface area contributed by atoms with Crippen LogP contribution in [0.25, 0.3) is 10.9 Å². The lowest BCUT2D eigenvalue weighted by atomic mass is 10.2. The molecule has 0 aliphatic rings. The minimum atomic E-state index is -0.239. The van der Waals surface area contributed by atoms with Gasteiger partial charge in [-0.1, -0.05) is 42.1 Å². The summed E-state index contributed by atoms with van der Waals surface area (Å²) in [6, 6.07) is 15.5. The van der Waals surface area contributed by atoms with E-state index in [4.69, 9.17) is 4.74 Å². The maximum absolute atomic E-state index is 13.1. The molecule has 3 rings (SSSR count). The molecule has 2 aromatic carbocycles. The number of hydrogen-bond acceptors (Lipinski definition) is 5. The Hall–Kier alpha value is -1.87. The second-order valence-corrected chi connectivity index (χ2v) is 8.14. The van der Waals surface area contributed by atoms with E-state index in [-0.39, 0.29) is 17.9 Å². The number of halogens is 1. The highest BCUT2D eigenvalue weighted by molar-refractivity contribution is 14.1. The van der Waals surface area contributed by atoms with Crippen LogP contribution in [0.2, 0.25) is 0 Å². The number of hydrogen-bond donors (Lipinski definition) is 0. The summed E-state index contributed by atoms with van der Waals surface area (Å²) in [6.45, 7) is 2.60. The number of rotatable bonds is 7. The van der Waals surface area contributed by atoms with Crippen molar-refractivity contribution < 1.29 is 9.53 Å². The fraction of sp³-hybridized carbons (Fsp3) is 0.250. The van der Waals surface area contributed by atoms with Gasteiger partial charge < -0.3 is 4.74 Å². The van der Waals surface area contributed by atoms with Crippen LogP contribution in [0.5, 0.6) is 0 Å². The van der Waals surface area contributed by atoms with Crippen LogP contribution in [0.1, 0.15) is 18.9 Å². The molecule has 0 aliphatic heterocycles. The van der Waals surface area contributed by atoms with Crippen LogP contribution in [0.15, 0.2) is 58.5 Å². The highest BCUT2D eigenvalue weighted by Crippen LogP contribution is 2.21. The Bertz CT molecular complexity index is 1010. The third-order valence-corrected chi connectivity index (χ3v) is 5.56. The zero-order valence-corrected chi connectivity index (χ0v) is 17.8. The molecule has 0 saturated carbocycles. The van der Waals surface area contributed by atoms with E-state index in [1.807, 2.05) is 48.5 Å². The smallest absolute Gasteiger partial charge is 0.306 e. The van der Waals surface area contributed by atoms with Gasteiger partial charge in [0.05, 0.1) is 30.5 Å². The largest absolute Gasteiger partial charge is 0.466 e. The van der Waals surface area contributed by atoms with Gasteiger partial charge in [0.2, 0.25) is 0 Å². The SMILES string of the molecule is CCOC(=O)CCSc1nc2ccc(I)cc2c(=O)n1Cc1ccccc1. The maximum Gasteiger partial charge on any atom is 0.306 e. The molecule has 0 radical (unpaired) electrons. The maximum atomic E-state index is 13.1. The van der Waals surface area contributed by atoms with Gasteiger partial charge in [0.1, 0.15) is 0 Å². The highest BCUT2D eigenvalue weighted by Gasteiger charge is 2.13. The Morgan fingerprint density at radius 3 is 2.74 bits per heavy atom. The van der Waals surface area contributed by atoms with Crippen molar-refractivity contribution in [2.45, 2.75) is 25.0 Å². The Balaban J connectivity index is 1.96. The predicted molar refractivity (Wildman–Crippen MR) is 116 cm³/mol. The topological polar surface area (TPSA) is 61.2 Å². The van der Waals surface area contributed by atoms with Crippen molar-refractivity contribution in [2.75, 3.05) is 12.4 Å². The molecule has 3 aromatic rings. The first-order chi connectivity index (χ1) is 13.1. The Morgan fingerprint density at radius 1 is 1.22 bits per heavy atom. The van der Waals surface area contributed by atoms with Crippen molar-refractivity contribution in [1.82, 2.24) is 9.55 Å². The minimum absolute atomic E-state index is 0.0685. The lowest BCUT2D eigenvalue weighted by Gasteiger charge is -2.13. The van der Waals surface area contributed by atoms with Gasteiger partial charge in [-0.2, -0.15) is 0 Å². The van der Waals surface area contributed by atoms with Crippen LogP contribution < -0.4 is 5.56 Å². The summed E-state index contributed by atoms with van der Waals surface area (Å²) in [6.07, 6.45) is 0.282. The van der Waals surface area contributed by atoms with Crippen molar-refractivity contribution in [2.24, 2.45) is 0 Å². The molecule has 0 aliphatic carbocycles. The zero-order chi connectivity index (χ0) is 19.2. The first-order valence-electron chi connectivity index (χ1n) is 8.61. The summed E-state index contributed by atoms with van der Waals surface area (Å²) in [5, 5.41) is 1.22. The van der Waals surface area contributed by atoms with Crippen LogP contribution in [0.3, 0.4) is 0 Å². The summed E-state index contributed by atoms with van der Waals surface area (Å²) >= 11 is 3.60. The van der Waals surface area contributed by atoms with Gasteiger partial charge in [-0.3, -0.25) is 14.2 Å². The summed E-state index contributed by atoms with van der Waals surface area (Å²) in [7, 11) is 0. The zero-order valence-electron chi connectivity index (χ0n) is 14.9. The number of ether oxygens (including phenoxy) is 1. The first kappa shape index (κ1) is 19.9. The number of carbonyl (C=O) groups is 1. The summed E-state index contributed by atoms with van der Waals surface area (Å²) < 4.78 is 7.65. The van der Waals surface area contributed by atoms with Crippen molar-refractivity contribution in [3.05, 3.63) is 68.0 Å². The van der Waals surface area contributed by atoms with Gasteiger partial charge in [0, 0.05) is 9.32 Å². The normalized spacial score (nSPS) is 10.9. The number of aromatic nitrogens is 2. The lowest BCUT2D eigenvalue weighted by molar-refractivity contribution is -0.142. The monoisotopic (exact) mass is 494 g/mol. The van der Waals surface area contributed by atoms with Gasteiger partial charge in [-0.15, -0.1) is 0 Å². The number of esters is 1. The van der Waals surface area contributed by atoms with Gasteiger partial charge in [-0.25, -0.2) is 4.98 Å². The van der Waals surface area contributed by atoms with E-state index in [0.717, 1.165) is 9.13 Å². The van der Waals surface area contributed by atoms with E-state index in [2.05, 4.69) is 27.6 Å². The van der Waals surface area contributed by atoms with Crippen molar-refractivity contribution in [1.29, 1.82) is 0 Å². The Kier molecular flexibility index (Phi) is 6.89. The van der Waals surface area contributed by atoms with E-state index >= 15 is 0 Å². The van der Waals surface area contributed by atoms with Gasteiger partial charge in [-0.05, 0) is 53.3 Å². The third-order valence-electron chi connectivity index (χ3n) is 3.91. The highest BCUT2D eigenvalue weighted by atomic mass is 127. The number of fused-ring (bicyclic) bond motifs is 1. The van der Waals surface area contributed by atoms with Crippen LogP contribution >= 0.6 is 34.4 Å². The van der Waals surface area contributed by atoms with Crippen LogP contribution in [-0.4, -0.2) is 27.9 Å². The second kappa shape index (κ2) is 9.36. The lowest BCUT2D eigenvalue weighted by Crippen LogP contribution is -2.24. The summed E-state index contributed by atoms with van der Waals surface area (Å²) in [5.74, 6) is 0.271.